The molecule has 1 aromatic carbocycles. The summed E-state index contributed by atoms with van der Waals surface area (Å²) in [6.45, 7) is 5.71. The Morgan fingerprint density at radius 2 is 1.90 bits per heavy atom. The van der Waals surface area contributed by atoms with Crippen LogP contribution in [0.5, 0.6) is 0 Å². The third kappa shape index (κ3) is 5.27. The lowest BCUT2D eigenvalue weighted by Gasteiger charge is -2.28. The Morgan fingerprint density at radius 1 is 1.29 bits per heavy atom. The van der Waals surface area contributed by atoms with E-state index in [0.29, 0.717) is 5.02 Å². The van der Waals surface area contributed by atoms with E-state index >= 15 is 0 Å². The fraction of sp³-hybridized carbons (Fsp3) is 0.467. The van der Waals surface area contributed by atoms with Gasteiger partial charge in [0.25, 0.3) is 0 Å². The van der Waals surface area contributed by atoms with Crippen molar-refractivity contribution in [2.24, 2.45) is 0 Å². The standard InChI is InChI=1S/C15H21ClN2O3/c1-10(2)18(9-8-14(19)20)15(21)17-11(3)12-6-4-5-7-13(12)16/h4-7,10-11H,8-9H2,1-3H3,(H,17,21)(H,19,20). The van der Waals surface area contributed by atoms with Gasteiger partial charge in [0.05, 0.1) is 12.5 Å². The molecule has 0 aliphatic rings. The number of nitrogens with zero attached hydrogens (tertiary/aromatic N) is 1. The molecule has 1 unspecified atom stereocenters. The molecule has 0 aliphatic carbocycles. The Bertz CT molecular complexity index is 505. The second-order valence-electron chi connectivity index (χ2n) is 5.12. The molecule has 0 saturated carbocycles. The molecule has 1 rings (SSSR count). The third-order valence-corrected chi connectivity index (χ3v) is 3.51. The number of halogens is 1. The van der Waals surface area contributed by atoms with Gasteiger partial charge in [0, 0.05) is 17.6 Å². The van der Waals surface area contributed by atoms with Gasteiger partial charge < -0.3 is 15.3 Å². The highest BCUT2D eigenvalue weighted by Crippen LogP contribution is 2.22. The van der Waals surface area contributed by atoms with Gasteiger partial charge in [-0.05, 0) is 32.4 Å². The first kappa shape index (κ1) is 17.3. The summed E-state index contributed by atoms with van der Waals surface area (Å²) < 4.78 is 0. The van der Waals surface area contributed by atoms with Crippen molar-refractivity contribution in [1.82, 2.24) is 10.2 Å². The zero-order chi connectivity index (χ0) is 16.0. The Labute approximate surface area is 129 Å². The highest BCUT2D eigenvalue weighted by atomic mass is 35.5. The molecule has 0 saturated heterocycles. The van der Waals surface area contributed by atoms with E-state index in [-0.39, 0.29) is 31.1 Å². The van der Waals surface area contributed by atoms with Crippen LogP contribution in [0.4, 0.5) is 4.79 Å². The number of carbonyl (C=O) groups is 2. The number of carbonyl (C=O) groups excluding carboxylic acids is 1. The number of aliphatic carboxylic acids is 1. The molecule has 0 heterocycles. The number of carboxylic acids is 1. The normalized spacial score (nSPS) is 12.0. The van der Waals surface area contributed by atoms with Gasteiger partial charge in [-0.25, -0.2) is 4.79 Å². The van der Waals surface area contributed by atoms with Crippen molar-refractivity contribution in [2.45, 2.75) is 39.3 Å². The lowest BCUT2D eigenvalue weighted by molar-refractivity contribution is -0.137. The summed E-state index contributed by atoms with van der Waals surface area (Å²) in [6, 6.07) is 6.68. The van der Waals surface area contributed by atoms with Crippen LogP contribution in [0.2, 0.25) is 5.02 Å². The van der Waals surface area contributed by atoms with Gasteiger partial charge in [0.15, 0.2) is 0 Å². The minimum absolute atomic E-state index is 0.0773. The maximum absolute atomic E-state index is 12.3. The zero-order valence-corrected chi connectivity index (χ0v) is 13.2. The summed E-state index contributed by atoms with van der Waals surface area (Å²) in [5.74, 6) is -0.924. The first-order chi connectivity index (χ1) is 9.82. The summed E-state index contributed by atoms with van der Waals surface area (Å²) >= 11 is 6.10. The molecule has 0 aromatic heterocycles. The summed E-state index contributed by atoms with van der Waals surface area (Å²) in [7, 11) is 0. The second-order valence-corrected chi connectivity index (χ2v) is 5.53. The van der Waals surface area contributed by atoms with E-state index in [1.165, 1.54) is 4.90 Å². The number of hydrogen-bond acceptors (Lipinski definition) is 2. The maximum Gasteiger partial charge on any atom is 0.318 e. The molecule has 0 radical (unpaired) electrons. The van der Waals surface area contributed by atoms with Crippen molar-refractivity contribution < 1.29 is 14.7 Å². The molecule has 0 aliphatic heterocycles. The lowest BCUT2D eigenvalue weighted by atomic mass is 10.1. The number of rotatable bonds is 6. The Morgan fingerprint density at radius 3 is 2.43 bits per heavy atom. The molecular formula is C15H21ClN2O3. The number of benzene rings is 1. The van der Waals surface area contributed by atoms with Crippen LogP contribution in [-0.4, -0.2) is 34.6 Å². The summed E-state index contributed by atoms with van der Waals surface area (Å²) in [6.07, 6.45) is -0.0773. The van der Waals surface area contributed by atoms with E-state index in [0.717, 1.165) is 5.56 Å². The van der Waals surface area contributed by atoms with Crippen molar-refractivity contribution in [3.63, 3.8) is 0 Å². The Balaban J connectivity index is 2.72. The SMILES string of the molecule is CC(NC(=O)N(CCC(=O)O)C(C)C)c1ccccc1Cl. The molecule has 2 amide bonds. The average molecular weight is 313 g/mol. The molecule has 0 spiro atoms. The smallest absolute Gasteiger partial charge is 0.318 e. The summed E-state index contributed by atoms with van der Waals surface area (Å²) in [5.41, 5.74) is 0.828. The molecule has 1 aromatic rings. The van der Waals surface area contributed by atoms with E-state index in [4.69, 9.17) is 16.7 Å². The predicted octanol–water partition coefficient (Wildman–Crippen LogP) is 3.30. The first-order valence-electron chi connectivity index (χ1n) is 6.86. The monoisotopic (exact) mass is 312 g/mol. The van der Waals surface area contributed by atoms with Crippen molar-refractivity contribution in [3.8, 4) is 0 Å². The van der Waals surface area contributed by atoms with Crippen molar-refractivity contribution in [3.05, 3.63) is 34.9 Å². The van der Waals surface area contributed by atoms with E-state index in [2.05, 4.69) is 5.32 Å². The van der Waals surface area contributed by atoms with Crippen LogP contribution < -0.4 is 5.32 Å². The Kier molecular flexibility index (Phi) is 6.49. The van der Waals surface area contributed by atoms with Crippen molar-refractivity contribution >= 4 is 23.6 Å². The number of hydrogen-bond donors (Lipinski definition) is 2. The minimum atomic E-state index is -0.924. The van der Waals surface area contributed by atoms with E-state index in [1.807, 2.05) is 39.0 Å². The molecule has 21 heavy (non-hydrogen) atoms. The van der Waals surface area contributed by atoms with Crippen molar-refractivity contribution in [1.29, 1.82) is 0 Å². The topological polar surface area (TPSA) is 69.6 Å². The molecule has 1 atom stereocenters. The van der Waals surface area contributed by atoms with Gasteiger partial charge >= 0.3 is 12.0 Å². The highest BCUT2D eigenvalue weighted by molar-refractivity contribution is 6.31. The van der Waals surface area contributed by atoms with Crippen LogP contribution in [0.15, 0.2) is 24.3 Å². The lowest BCUT2D eigenvalue weighted by Crippen LogP contribution is -2.45. The first-order valence-corrected chi connectivity index (χ1v) is 7.24. The number of urea groups is 1. The molecule has 2 N–H and O–H groups in total. The zero-order valence-electron chi connectivity index (χ0n) is 12.5. The van der Waals surface area contributed by atoms with E-state index < -0.39 is 5.97 Å². The number of carboxylic acid groups (broad SMARTS) is 1. The highest BCUT2D eigenvalue weighted by Gasteiger charge is 2.20. The summed E-state index contributed by atoms with van der Waals surface area (Å²) in [5, 5.41) is 12.2. The Hall–Kier alpha value is -1.75. The van der Waals surface area contributed by atoms with Crippen LogP contribution in [0.25, 0.3) is 0 Å². The number of nitrogens with one attached hydrogen (secondary N) is 1. The van der Waals surface area contributed by atoms with Gasteiger partial charge in [0.1, 0.15) is 0 Å². The van der Waals surface area contributed by atoms with Crippen LogP contribution in [0, 0.1) is 0 Å². The second kappa shape index (κ2) is 7.88. The molecule has 0 fully saturated rings. The van der Waals surface area contributed by atoms with Crippen LogP contribution in [-0.2, 0) is 4.79 Å². The third-order valence-electron chi connectivity index (χ3n) is 3.16. The summed E-state index contributed by atoms with van der Waals surface area (Å²) in [4.78, 5) is 24.4. The van der Waals surface area contributed by atoms with E-state index in [1.54, 1.807) is 6.07 Å². The van der Waals surface area contributed by atoms with Gasteiger partial charge in [0.2, 0.25) is 0 Å². The maximum atomic E-state index is 12.3. The van der Waals surface area contributed by atoms with Crippen LogP contribution in [0.1, 0.15) is 38.8 Å². The number of amides is 2. The molecule has 116 valence electrons. The molecule has 5 nitrogen and oxygen atoms in total. The van der Waals surface area contributed by atoms with Crippen molar-refractivity contribution in [2.75, 3.05) is 6.54 Å². The largest absolute Gasteiger partial charge is 0.481 e. The fourth-order valence-electron chi connectivity index (χ4n) is 1.98. The van der Waals surface area contributed by atoms with Gasteiger partial charge in [-0.2, -0.15) is 0 Å². The van der Waals surface area contributed by atoms with Gasteiger partial charge in [-0.15, -0.1) is 0 Å². The van der Waals surface area contributed by atoms with E-state index in [9.17, 15) is 9.59 Å². The van der Waals surface area contributed by atoms with Crippen LogP contribution in [0.3, 0.4) is 0 Å². The quantitative estimate of drug-likeness (QED) is 0.846. The fourth-order valence-corrected chi connectivity index (χ4v) is 2.28. The average Bonchev–Trinajstić information content (AvgIpc) is 2.38. The molecule has 6 heteroatoms. The molecule has 0 bridgehead atoms. The molecular weight excluding hydrogens is 292 g/mol. The predicted molar refractivity (Wildman–Crippen MR) is 82.5 cm³/mol. The minimum Gasteiger partial charge on any atom is -0.481 e. The van der Waals surface area contributed by atoms with Crippen LogP contribution >= 0.6 is 11.6 Å². The van der Waals surface area contributed by atoms with Gasteiger partial charge in [-0.3, -0.25) is 4.79 Å². The van der Waals surface area contributed by atoms with Gasteiger partial charge in [-0.1, -0.05) is 29.8 Å².